The van der Waals surface area contributed by atoms with E-state index in [1.807, 2.05) is 19.0 Å². The monoisotopic (exact) mass is 254 g/mol. The van der Waals surface area contributed by atoms with Gasteiger partial charge in [-0.25, -0.2) is 0 Å². The lowest BCUT2D eigenvalue weighted by Gasteiger charge is -2.10. The molecule has 0 aliphatic carbocycles. The van der Waals surface area contributed by atoms with E-state index >= 15 is 0 Å². The first-order valence-electron chi connectivity index (χ1n) is 5.40. The zero-order chi connectivity index (χ0) is 14.1. The van der Waals surface area contributed by atoms with Gasteiger partial charge in [-0.1, -0.05) is 0 Å². The molecule has 0 heterocycles. The van der Waals surface area contributed by atoms with Gasteiger partial charge in [0.2, 0.25) is 0 Å². The van der Waals surface area contributed by atoms with Crippen LogP contribution in [0.5, 0.6) is 0 Å². The Morgan fingerprint density at radius 2 is 2.11 bits per heavy atom. The molecule has 1 amide bonds. The van der Waals surface area contributed by atoms with E-state index in [9.17, 15) is 9.59 Å². The fraction of sp³-hybridized carbons (Fsp3) is 0.545. The van der Waals surface area contributed by atoms with Crippen LogP contribution in [0.4, 0.5) is 0 Å². The van der Waals surface area contributed by atoms with E-state index in [2.05, 4.69) is 10.6 Å². The predicted molar refractivity (Wildman–Crippen MR) is 65.5 cm³/mol. The Kier molecular flexibility index (Phi) is 7.15. The minimum absolute atomic E-state index is 0.151. The molecule has 0 bridgehead atoms. The second-order valence-corrected chi connectivity index (χ2v) is 3.96. The number of carboxylic acid groups (broad SMARTS) is 1. The van der Waals surface area contributed by atoms with Gasteiger partial charge in [0.05, 0.1) is 0 Å². The smallest absolute Gasteiger partial charge is 0.325 e. The van der Waals surface area contributed by atoms with Crippen molar-refractivity contribution < 1.29 is 14.7 Å². The lowest BCUT2D eigenvalue weighted by atomic mass is 10.2. The number of carbonyl (C=O) groups excluding carboxylic acids is 1. The number of aliphatic carboxylic acids is 1. The van der Waals surface area contributed by atoms with Crippen molar-refractivity contribution in [1.82, 2.24) is 15.5 Å². The van der Waals surface area contributed by atoms with Gasteiger partial charge in [0.25, 0.3) is 5.91 Å². The van der Waals surface area contributed by atoms with Gasteiger partial charge >= 0.3 is 5.97 Å². The largest absolute Gasteiger partial charge is 0.480 e. The molecule has 1 atom stereocenters. The number of hydrogen-bond donors (Lipinski definition) is 3. The van der Waals surface area contributed by atoms with E-state index in [0.717, 1.165) is 6.54 Å². The molecule has 0 rings (SSSR count). The van der Waals surface area contributed by atoms with E-state index in [0.29, 0.717) is 6.54 Å². The molecule has 0 aromatic rings. The van der Waals surface area contributed by atoms with E-state index in [1.54, 1.807) is 6.07 Å². The van der Waals surface area contributed by atoms with E-state index < -0.39 is 17.9 Å². The fourth-order valence-electron chi connectivity index (χ4n) is 0.947. The maximum Gasteiger partial charge on any atom is 0.325 e. The van der Waals surface area contributed by atoms with Crippen LogP contribution in [0, 0.1) is 11.3 Å². The van der Waals surface area contributed by atoms with Crippen LogP contribution in [-0.4, -0.2) is 55.1 Å². The average Bonchev–Trinajstić information content (AvgIpc) is 2.28. The fourth-order valence-corrected chi connectivity index (χ4v) is 0.947. The number of nitriles is 1. The van der Waals surface area contributed by atoms with E-state index in [-0.39, 0.29) is 5.57 Å². The van der Waals surface area contributed by atoms with Crippen molar-refractivity contribution in [3.8, 4) is 6.07 Å². The first-order valence-corrected chi connectivity index (χ1v) is 5.40. The molecule has 0 aliphatic rings. The number of amides is 1. The second kappa shape index (κ2) is 8.08. The first-order chi connectivity index (χ1) is 8.38. The second-order valence-electron chi connectivity index (χ2n) is 3.96. The third-order valence-electron chi connectivity index (χ3n) is 2.03. The number of carbonyl (C=O) groups is 2. The lowest BCUT2D eigenvalue weighted by molar-refractivity contribution is -0.140. The lowest BCUT2D eigenvalue weighted by Crippen LogP contribution is -2.39. The van der Waals surface area contributed by atoms with Crippen molar-refractivity contribution >= 4 is 11.9 Å². The normalized spacial score (nSPS) is 12.7. The highest BCUT2D eigenvalue weighted by Gasteiger charge is 2.16. The third kappa shape index (κ3) is 6.50. The first kappa shape index (κ1) is 15.9. The quantitative estimate of drug-likeness (QED) is 0.310. The molecular weight excluding hydrogens is 236 g/mol. The minimum Gasteiger partial charge on any atom is -0.480 e. The third-order valence-corrected chi connectivity index (χ3v) is 2.03. The van der Waals surface area contributed by atoms with Gasteiger partial charge in [-0.2, -0.15) is 5.26 Å². The maximum absolute atomic E-state index is 11.5. The number of nitrogens with one attached hydrogen (secondary N) is 2. The van der Waals surface area contributed by atoms with Crippen LogP contribution in [-0.2, 0) is 9.59 Å². The number of nitrogens with zero attached hydrogens (tertiary/aromatic N) is 2. The molecule has 3 N–H and O–H groups in total. The van der Waals surface area contributed by atoms with Crippen molar-refractivity contribution in [2.45, 2.75) is 13.0 Å². The van der Waals surface area contributed by atoms with Gasteiger partial charge in [-0.05, 0) is 21.0 Å². The van der Waals surface area contributed by atoms with Crippen LogP contribution in [0.1, 0.15) is 6.92 Å². The zero-order valence-electron chi connectivity index (χ0n) is 10.7. The van der Waals surface area contributed by atoms with Crippen LogP contribution in [0.15, 0.2) is 11.8 Å². The van der Waals surface area contributed by atoms with Crippen LogP contribution in [0.25, 0.3) is 0 Å². The molecule has 0 aromatic carbocycles. The Balaban J connectivity index is 4.32. The molecule has 100 valence electrons. The van der Waals surface area contributed by atoms with Crippen molar-refractivity contribution in [2.75, 3.05) is 27.2 Å². The molecule has 7 nitrogen and oxygen atoms in total. The van der Waals surface area contributed by atoms with Crippen LogP contribution < -0.4 is 10.6 Å². The highest BCUT2D eigenvalue weighted by molar-refractivity contribution is 5.98. The Bertz CT molecular complexity index is 371. The summed E-state index contributed by atoms with van der Waals surface area (Å²) in [6.07, 6.45) is 1.29. The maximum atomic E-state index is 11.5. The Hall–Kier alpha value is -2.07. The van der Waals surface area contributed by atoms with Gasteiger partial charge in [-0.15, -0.1) is 0 Å². The zero-order valence-corrected chi connectivity index (χ0v) is 10.7. The summed E-state index contributed by atoms with van der Waals surface area (Å²) in [5.41, 5.74) is -0.151. The van der Waals surface area contributed by atoms with Crippen molar-refractivity contribution in [1.29, 1.82) is 5.26 Å². The summed E-state index contributed by atoms with van der Waals surface area (Å²) in [4.78, 5) is 24.0. The summed E-state index contributed by atoms with van der Waals surface area (Å²) in [7, 11) is 3.80. The minimum atomic E-state index is -1.15. The summed E-state index contributed by atoms with van der Waals surface area (Å²) in [5, 5.41) is 22.4. The number of rotatable bonds is 7. The van der Waals surface area contributed by atoms with E-state index in [1.165, 1.54) is 13.1 Å². The molecule has 0 radical (unpaired) electrons. The molecule has 18 heavy (non-hydrogen) atoms. The van der Waals surface area contributed by atoms with Gasteiger partial charge in [0.15, 0.2) is 0 Å². The molecule has 7 heteroatoms. The predicted octanol–water partition coefficient (Wildman–Crippen LogP) is -0.866. The van der Waals surface area contributed by atoms with Crippen LogP contribution in [0.2, 0.25) is 0 Å². The number of carboxylic acids is 1. The molecule has 0 aliphatic heterocycles. The van der Waals surface area contributed by atoms with E-state index in [4.69, 9.17) is 10.4 Å². The molecule has 0 fully saturated rings. The Morgan fingerprint density at radius 3 is 2.56 bits per heavy atom. The summed E-state index contributed by atoms with van der Waals surface area (Å²) in [6.45, 7) is 2.66. The van der Waals surface area contributed by atoms with Gasteiger partial charge in [0.1, 0.15) is 17.7 Å². The summed E-state index contributed by atoms with van der Waals surface area (Å²) in [6, 6.07) is 0.683. The van der Waals surface area contributed by atoms with Crippen molar-refractivity contribution in [3.63, 3.8) is 0 Å². The Morgan fingerprint density at radius 1 is 1.50 bits per heavy atom. The summed E-state index contributed by atoms with van der Waals surface area (Å²) >= 11 is 0. The highest BCUT2D eigenvalue weighted by atomic mass is 16.4. The summed E-state index contributed by atoms with van der Waals surface area (Å²) in [5.74, 6) is -1.86. The molecule has 1 unspecified atom stereocenters. The summed E-state index contributed by atoms with van der Waals surface area (Å²) < 4.78 is 0. The molecule has 0 saturated heterocycles. The topological polar surface area (TPSA) is 105 Å². The molecule has 0 saturated carbocycles. The molecular formula is C11H18N4O3. The number of likely N-dealkylation sites (N-methyl/N-ethyl adjacent to an activating group) is 1. The molecule has 0 aromatic heterocycles. The van der Waals surface area contributed by atoms with Gasteiger partial charge in [-0.3, -0.25) is 9.59 Å². The molecule has 0 spiro atoms. The van der Waals surface area contributed by atoms with Crippen molar-refractivity contribution in [2.24, 2.45) is 0 Å². The SMILES string of the molecule is CC(NC(=O)/C(C#N)=C\NCCN(C)C)C(=O)O. The van der Waals surface area contributed by atoms with Crippen LogP contribution in [0.3, 0.4) is 0 Å². The van der Waals surface area contributed by atoms with Crippen LogP contribution >= 0.6 is 0 Å². The van der Waals surface area contributed by atoms with Gasteiger partial charge < -0.3 is 20.6 Å². The van der Waals surface area contributed by atoms with Gasteiger partial charge in [0, 0.05) is 19.3 Å². The highest BCUT2D eigenvalue weighted by Crippen LogP contribution is 1.92. The average molecular weight is 254 g/mol. The standard InChI is InChI=1S/C11H18N4O3/c1-8(11(17)18)14-10(16)9(6-12)7-13-4-5-15(2)3/h7-8,13H,4-5H2,1-3H3,(H,14,16)(H,17,18)/b9-7-. The van der Waals surface area contributed by atoms with Crippen molar-refractivity contribution in [3.05, 3.63) is 11.8 Å². The number of hydrogen-bond acceptors (Lipinski definition) is 5. The Labute approximate surface area is 106 Å².